The van der Waals surface area contributed by atoms with Crippen molar-refractivity contribution < 1.29 is 9.53 Å². The standard InChI is InChI=1S/C16H18N6O2/c1-16(2,3)24-15(23)21-6-7-22-13(10-21)19-14(20-22)11-4-5-12(8-17)18-9-11/h4-5,9H,6-7,10H2,1-3H3. The minimum absolute atomic E-state index is 0.346. The summed E-state index contributed by atoms with van der Waals surface area (Å²) >= 11 is 0. The number of nitriles is 1. The Morgan fingerprint density at radius 2 is 2.12 bits per heavy atom. The molecule has 0 aliphatic carbocycles. The lowest BCUT2D eigenvalue weighted by Crippen LogP contribution is -2.41. The van der Waals surface area contributed by atoms with Gasteiger partial charge in [-0.25, -0.2) is 19.4 Å². The fourth-order valence-electron chi connectivity index (χ4n) is 2.33. The van der Waals surface area contributed by atoms with Gasteiger partial charge in [-0.05, 0) is 32.9 Å². The van der Waals surface area contributed by atoms with Crippen LogP contribution in [0.3, 0.4) is 0 Å². The van der Waals surface area contributed by atoms with E-state index in [0.29, 0.717) is 37.0 Å². The van der Waals surface area contributed by atoms with Gasteiger partial charge >= 0.3 is 6.09 Å². The average Bonchev–Trinajstić information content (AvgIpc) is 2.96. The predicted molar refractivity (Wildman–Crippen MR) is 84.6 cm³/mol. The second kappa shape index (κ2) is 5.92. The van der Waals surface area contributed by atoms with E-state index in [9.17, 15) is 4.79 Å². The highest BCUT2D eigenvalue weighted by Crippen LogP contribution is 2.19. The number of ether oxygens (including phenoxy) is 1. The monoisotopic (exact) mass is 326 g/mol. The van der Waals surface area contributed by atoms with Gasteiger partial charge in [0.2, 0.25) is 0 Å². The van der Waals surface area contributed by atoms with Crippen LogP contribution >= 0.6 is 0 Å². The molecule has 0 N–H and O–H groups in total. The number of carbonyl (C=O) groups is 1. The summed E-state index contributed by atoms with van der Waals surface area (Å²) in [6, 6.07) is 5.37. The van der Waals surface area contributed by atoms with E-state index in [0.717, 1.165) is 5.56 Å². The molecule has 1 aliphatic heterocycles. The van der Waals surface area contributed by atoms with Crippen LogP contribution in [0.4, 0.5) is 4.79 Å². The molecule has 3 heterocycles. The van der Waals surface area contributed by atoms with Gasteiger partial charge < -0.3 is 4.74 Å². The van der Waals surface area contributed by atoms with E-state index >= 15 is 0 Å². The van der Waals surface area contributed by atoms with Crippen molar-refractivity contribution >= 4 is 6.09 Å². The Labute approximate surface area is 139 Å². The normalized spacial score (nSPS) is 14.0. The van der Waals surface area contributed by atoms with Crippen molar-refractivity contribution in [3.8, 4) is 17.5 Å². The molecule has 0 bridgehead atoms. The molecule has 0 spiro atoms. The number of hydrogen-bond acceptors (Lipinski definition) is 6. The Morgan fingerprint density at radius 3 is 2.75 bits per heavy atom. The number of fused-ring (bicyclic) bond motifs is 1. The Bertz CT molecular complexity index is 797. The van der Waals surface area contributed by atoms with E-state index in [4.69, 9.17) is 10.00 Å². The Morgan fingerprint density at radius 1 is 1.33 bits per heavy atom. The number of amides is 1. The molecule has 0 radical (unpaired) electrons. The molecule has 1 aliphatic rings. The SMILES string of the molecule is CC(C)(C)OC(=O)N1CCn2nc(-c3ccc(C#N)nc3)nc2C1. The Hall–Kier alpha value is -2.95. The van der Waals surface area contributed by atoms with E-state index in [2.05, 4.69) is 15.1 Å². The van der Waals surface area contributed by atoms with E-state index in [-0.39, 0.29) is 6.09 Å². The molecule has 1 amide bonds. The largest absolute Gasteiger partial charge is 0.444 e. The molecule has 8 heteroatoms. The minimum atomic E-state index is -0.526. The van der Waals surface area contributed by atoms with Crippen LogP contribution in [0.2, 0.25) is 0 Å². The van der Waals surface area contributed by atoms with Crippen LogP contribution < -0.4 is 0 Å². The smallest absolute Gasteiger partial charge is 0.410 e. The molecule has 24 heavy (non-hydrogen) atoms. The van der Waals surface area contributed by atoms with Gasteiger partial charge in [-0.1, -0.05) is 0 Å². The minimum Gasteiger partial charge on any atom is -0.444 e. The first-order chi connectivity index (χ1) is 11.4. The number of hydrogen-bond donors (Lipinski definition) is 0. The summed E-state index contributed by atoms with van der Waals surface area (Å²) in [6.07, 6.45) is 1.23. The van der Waals surface area contributed by atoms with Gasteiger partial charge in [-0.3, -0.25) is 4.90 Å². The molecule has 2 aromatic heterocycles. The molecular weight excluding hydrogens is 308 g/mol. The van der Waals surface area contributed by atoms with E-state index < -0.39 is 5.60 Å². The molecule has 2 aromatic rings. The lowest BCUT2D eigenvalue weighted by molar-refractivity contribution is 0.0190. The van der Waals surface area contributed by atoms with Gasteiger partial charge in [0.15, 0.2) is 5.82 Å². The molecule has 0 fully saturated rings. The summed E-state index contributed by atoms with van der Waals surface area (Å²) in [5, 5.41) is 13.2. The molecule has 124 valence electrons. The summed E-state index contributed by atoms with van der Waals surface area (Å²) in [7, 11) is 0. The van der Waals surface area contributed by atoms with E-state index in [1.165, 1.54) is 0 Å². The topological polar surface area (TPSA) is 96.9 Å². The number of pyridine rings is 1. The molecule has 0 saturated heterocycles. The first kappa shape index (κ1) is 15.9. The highest BCUT2D eigenvalue weighted by atomic mass is 16.6. The summed E-state index contributed by atoms with van der Waals surface area (Å²) in [4.78, 5) is 22.3. The lowest BCUT2D eigenvalue weighted by atomic mass is 10.2. The molecule has 0 atom stereocenters. The Balaban J connectivity index is 1.77. The Kier molecular flexibility index (Phi) is 3.93. The van der Waals surface area contributed by atoms with Crippen LogP contribution in [0.15, 0.2) is 18.3 Å². The van der Waals surface area contributed by atoms with Crippen LogP contribution in [0.1, 0.15) is 32.3 Å². The summed E-state index contributed by atoms with van der Waals surface area (Å²) in [6.45, 7) is 6.96. The number of carbonyl (C=O) groups excluding carboxylic acids is 1. The zero-order valence-corrected chi connectivity index (χ0v) is 13.9. The third-order valence-electron chi connectivity index (χ3n) is 3.45. The average molecular weight is 326 g/mol. The summed E-state index contributed by atoms with van der Waals surface area (Å²) < 4.78 is 7.18. The van der Waals surface area contributed by atoms with Crippen molar-refractivity contribution in [1.29, 1.82) is 5.26 Å². The highest BCUT2D eigenvalue weighted by molar-refractivity contribution is 5.68. The summed E-state index contributed by atoms with van der Waals surface area (Å²) in [5.41, 5.74) is 0.556. The van der Waals surface area contributed by atoms with Gasteiger partial charge in [0, 0.05) is 18.3 Å². The van der Waals surface area contributed by atoms with Crippen molar-refractivity contribution in [2.75, 3.05) is 6.54 Å². The first-order valence-corrected chi connectivity index (χ1v) is 7.64. The zero-order chi connectivity index (χ0) is 17.3. The van der Waals surface area contributed by atoms with Gasteiger partial charge in [0.05, 0.1) is 13.1 Å². The molecule has 8 nitrogen and oxygen atoms in total. The van der Waals surface area contributed by atoms with Gasteiger partial charge in [-0.15, -0.1) is 0 Å². The van der Waals surface area contributed by atoms with Crippen LogP contribution in [-0.2, 0) is 17.8 Å². The fraction of sp³-hybridized carbons (Fsp3) is 0.438. The molecule has 3 rings (SSSR count). The second-order valence-corrected chi connectivity index (χ2v) is 6.52. The van der Waals surface area contributed by atoms with Crippen LogP contribution in [0.25, 0.3) is 11.4 Å². The highest BCUT2D eigenvalue weighted by Gasteiger charge is 2.27. The fourth-order valence-corrected chi connectivity index (χ4v) is 2.33. The maximum absolute atomic E-state index is 12.2. The van der Waals surface area contributed by atoms with Crippen molar-refractivity contribution in [3.63, 3.8) is 0 Å². The number of rotatable bonds is 1. The van der Waals surface area contributed by atoms with Gasteiger partial charge in [0.25, 0.3) is 0 Å². The van der Waals surface area contributed by atoms with Crippen molar-refractivity contribution in [2.24, 2.45) is 0 Å². The first-order valence-electron chi connectivity index (χ1n) is 7.64. The second-order valence-electron chi connectivity index (χ2n) is 6.52. The van der Waals surface area contributed by atoms with Crippen LogP contribution in [0, 0.1) is 11.3 Å². The van der Waals surface area contributed by atoms with Gasteiger partial charge in [-0.2, -0.15) is 10.4 Å². The third kappa shape index (κ3) is 3.35. The number of nitrogens with zero attached hydrogens (tertiary/aromatic N) is 6. The molecule has 0 aromatic carbocycles. The van der Waals surface area contributed by atoms with Crippen LogP contribution in [-0.4, -0.2) is 42.9 Å². The van der Waals surface area contributed by atoms with Crippen molar-refractivity contribution in [1.82, 2.24) is 24.6 Å². The maximum atomic E-state index is 12.2. The number of aromatic nitrogens is 4. The van der Waals surface area contributed by atoms with E-state index in [1.807, 2.05) is 26.8 Å². The van der Waals surface area contributed by atoms with Crippen molar-refractivity contribution in [2.45, 2.75) is 39.5 Å². The zero-order valence-electron chi connectivity index (χ0n) is 13.9. The summed E-state index contributed by atoms with van der Waals surface area (Å²) in [5.74, 6) is 1.24. The lowest BCUT2D eigenvalue weighted by Gasteiger charge is -2.29. The third-order valence-corrected chi connectivity index (χ3v) is 3.45. The maximum Gasteiger partial charge on any atom is 0.410 e. The van der Waals surface area contributed by atoms with Gasteiger partial charge in [0.1, 0.15) is 23.2 Å². The van der Waals surface area contributed by atoms with Crippen LogP contribution in [0.5, 0.6) is 0 Å². The molecule has 0 saturated carbocycles. The van der Waals surface area contributed by atoms with E-state index in [1.54, 1.807) is 27.9 Å². The predicted octanol–water partition coefficient (Wildman–Crippen LogP) is 1.96. The van der Waals surface area contributed by atoms with Crippen molar-refractivity contribution in [3.05, 3.63) is 29.8 Å². The molecule has 0 unspecified atom stereocenters. The molecular formula is C16H18N6O2. The quantitative estimate of drug-likeness (QED) is 0.794.